The molecule has 0 bridgehead atoms. The Morgan fingerprint density at radius 3 is 2.57 bits per heavy atom. The van der Waals surface area contributed by atoms with Gasteiger partial charge in [-0.1, -0.05) is 29.3 Å². The highest BCUT2D eigenvalue weighted by Crippen LogP contribution is 2.33. The molecule has 1 aromatic heterocycles. The van der Waals surface area contributed by atoms with Gasteiger partial charge in [0.15, 0.2) is 5.58 Å². The Hall–Kier alpha value is -2.24. The molecule has 3 aromatic rings. The van der Waals surface area contributed by atoms with Crippen molar-refractivity contribution in [1.82, 2.24) is 4.98 Å². The number of carboxylic acid groups (broad SMARTS) is 1. The molecule has 3 rings (SSSR count). The van der Waals surface area contributed by atoms with Gasteiger partial charge in [-0.3, -0.25) is 0 Å². The van der Waals surface area contributed by atoms with Crippen LogP contribution in [0.2, 0.25) is 10.0 Å². The topological polar surface area (TPSA) is 75.4 Å². The minimum absolute atomic E-state index is 0.126. The predicted molar refractivity (Wildman–Crippen MR) is 80.7 cm³/mol. The zero-order chi connectivity index (χ0) is 15.0. The average molecular weight is 323 g/mol. The summed E-state index contributed by atoms with van der Waals surface area (Å²) in [7, 11) is 0. The summed E-state index contributed by atoms with van der Waals surface area (Å²) in [5.74, 6) is -1.03. The van der Waals surface area contributed by atoms with E-state index in [1.54, 1.807) is 24.3 Å². The van der Waals surface area contributed by atoms with Gasteiger partial charge in [0, 0.05) is 0 Å². The number of hydrogen-bond acceptors (Lipinski definition) is 4. The molecular weight excluding hydrogens is 315 g/mol. The number of oxazole rings is 1. The summed E-state index contributed by atoms with van der Waals surface area (Å²) in [5, 5.41) is 12.7. The zero-order valence-electron chi connectivity index (χ0n) is 10.4. The van der Waals surface area contributed by atoms with Crippen molar-refractivity contribution in [3.05, 3.63) is 52.0 Å². The molecule has 21 heavy (non-hydrogen) atoms. The van der Waals surface area contributed by atoms with Crippen LogP contribution >= 0.6 is 23.2 Å². The standard InChI is InChI=1S/C14H8Cl2N2O3/c15-8-2-1-3-9(16)12(8)18-14-17-10-5-4-7(13(19)20)6-11(10)21-14/h1-6H,(H,17,18)(H,19,20). The molecule has 106 valence electrons. The van der Waals surface area contributed by atoms with Gasteiger partial charge in [0.2, 0.25) is 0 Å². The van der Waals surface area contributed by atoms with Crippen molar-refractivity contribution < 1.29 is 14.3 Å². The fourth-order valence-electron chi connectivity index (χ4n) is 1.84. The van der Waals surface area contributed by atoms with Crippen LogP contribution in [-0.2, 0) is 0 Å². The molecule has 0 aliphatic heterocycles. The normalized spacial score (nSPS) is 10.8. The summed E-state index contributed by atoms with van der Waals surface area (Å²) in [6, 6.07) is 9.70. The van der Waals surface area contributed by atoms with E-state index in [0.29, 0.717) is 26.8 Å². The molecule has 0 saturated heterocycles. The van der Waals surface area contributed by atoms with E-state index >= 15 is 0 Å². The Balaban J connectivity index is 2.00. The van der Waals surface area contributed by atoms with Crippen molar-refractivity contribution in [3.8, 4) is 0 Å². The molecule has 0 fully saturated rings. The maximum absolute atomic E-state index is 10.9. The Bertz CT molecular complexity index is 825. The number of rotatable bonds is 3. The zero-order valence-corrected chi connectivity index (χ0v) is 11.9. The maximum Gasteiger partial charge on any atom is 0.335 e. The van der Waals surface area contributed by atoms with Crippen LogP contribution in [-0.4, -0.2) is 16.1 Å². The quantitative estimate of drug-likeness (QED) is 0.738. The van der Waals surface area contributed by atoms with E-state index in [0.717, 1.165) is 0 Å². The molecule has 0 atom stereocenters. The van der Waals surface area contributed by atoms with Gasteiger partial charge in [0.25, 0.3) is 6.01 Å². The van der Waals surface area contributed by atoms with E-state index in [-0.39, 0.29) is 11.6 Å². The smallest absolute Gasteiger partial charge is 0.335 e. The van der Waals surface area contributed by atoms with E-state index in [2.05, 4.69) is 10.3 Å². The first-order valence-electron chi connectivity index (χ1n) is 5.89. The minimum Gasteiger partial charge on any atom is -0.478 e. The molecule has 7 heteroatoms. The molecule has 0 aliphatic carbocycles. The fraction of sp³-hybridized carbons (Fsp3) is 0. The Kier molecular flexibility index (Phi) is 3.45. The van der Waals surface area contributed by atoms with Crippen LogP contribution in [0.4, 0.5) is 11.7 Å². The summed E-state index contributed by atoms with van der Waals surface area (Å²) in [5.41, 5.74) is 1.50. The first-order chi connectivity index (χ1) is 10.0. The second-order valence-electron chi connectivity index (χ2n) is 4.23. The van der Waals surface area contributed by atoms with Crippen molar-refractivity contribution in [2.75, 3.05) is 5.32 Å². The fourth-order valence-corrected chi connectivity index (χ4v) is 2.33. The summed E-state index contributed by atoms with van der Waals surface area (Å²) in [6.07, 6.45) is 0. The number of para-hydroxylation sites is 1. The van der Waals surface area contributed by atoms with Crippen LogP contribution in [0.1, 0.15) is 10.4 Å². The van der Waals surface area contributed by atoms with Crippen LogP contribution in [0.3, 0.4) is 0 Å². The van der Waals surface area contributed by atoms with Crippen LogP contribution in [0.5, 0.6) is 0 Å². The Labute approximate surface area is 129 Å². The van der Waals surface area contributed by atoms with Crippen molar-refractivity contribution in [3.63, 3.8) is 0 Å². The highest BCUT2D eigenvalue weighted by atomic mass is 35.5. The van der Waals surface area contributed by atoms with Crippen LogP contribution < -0.4 is 5.32 Å². The first kappa shape index (κ1) is 13.7. The predicted octanol–water partition coefficient (Wildman–Crippen LogP) is 4.58. The molecule has 5 nitrogen and oxygen atoms in total. The lowest BCUT2D eigenvalue weighted by Crippen LogP contribution is -1.94. The van der Waals surface area contributed by atoms with Gasteiger partial charge in [0.05, 0.1) is 21.3 Å². The lowest BCUT2D eigenvalue weighted by atomic mass is 10.2. The number of benzene rings is 2. The summed E-state index contributed by atoms with van der Waals surface area (Å²) in [4.78, 5) is 15.1. The summed E-state index contributed by atoms with van der Waals surface area (Å²) >= 11 is 12.1. The number of hydrogen-bond donors (Lipinski definition) is 2. The van der Waals surface area contributed by atoms with Gasteiger partial charge in [-0.15, -0.1) is 0 Å². The van der Waals surface area contributed by atoms with Crippen LogP contribution in [0, 0.1) is 0 Å². The van der Waals surface area contributed by atoms with E-state index in [4.69, 9.17) is 32.7 Å². The summed E-state index contributed by atoms with van der Waals surface area (Å²) < 4.78 is 5.47. The minimum atomic E-state index is -1.03. The second-order valence-corrected chi connectivity index (χ2v) is 5.04. The Morgan fingerprint density at radius 2 is 1.90 bits per heavy atom. The van der Waals surface area contributed by atoms with E-state index in [1.165, 1.54) is 12.1 Å². The van der Waals surface area contributed by atoms with E-state index < -0.39 is 5.97 Å². The third kappa shape index (κ3) is 2.66. The van der Waals surface area contributed by atoms with Crippen LogP contribution in [0.15, 0.2) is 40.8 Å². The van der Waals surface area contributed by atoms with Crippen LogP contribution in [0.25, 0.3) is 11.1 Å². The molecule has 0 aliphatic rings. The van der Waals surface area contributed by atoms with Gasteiger partial charge in [0.1, 0.15) is 5.52 Å². The monoisotopic (exact) mass is 322 g/mol. The molecule has 0 amide bonds. The van der Waals surface area contributed by atoms with Crippen molar-refractivity contribution >= 4 is 52.0 Å². The number of aromatic nitrogens is 1. The highest BCUT2D eigenvalue weighted by molar-refractivity contribution is 6.39. The molecule has 1 heterocycles. The maximum atomic E-state index is 10.9. The van der Waals surface area contributed by atoms with Crippen molar-refractivity contribution in [1.29, 1.82) is 0 Å². The lowest BCUT2D eigenvalue weighted by Gasteiger charge is -2.05. The molecular formula is C14H8Cl2N2O3. The number of anilines is 2. The number of carbonyl (C=O) groups is 1. The third-order valence-electron chi connectivity index (χ3n) is 2.83. The third-order valence-corrected chi connectivity index (χ3v) is 3.46. The molecule has 0 saturated carbocycles. The van der Waals surface area contributed by atoms with E-state index in [1.807, 2.05) is 0 Å². The van der Waals surface area contributed by atoms with Gasteiger partial charge in [-0.2, -0.15) is 4.98 Å². The number of halogens is 2. The van der Waals surface area contributed by atoms with Gasteiger partial charge < -0.3 is 14.8 Å². The largest absolute Gasteiger partial charge is 0.478 e. The van der Waals surface area contributed by atoms with E-state index in [9.17, 15) is 4.79 Å². The van der Waals surface area contributed by atoms with Gasteiger partial charge in [-0.25, -0.2) is 4.79 Å². The Morgan fingerprint density at radius 1 is 1.19 bits per heavy atom. The van der Waals surface area contributed by atoms with Gasteiger partial charge in [-0.05, 0) is 30.3 Å². The lowest BCUT2D eigenvalue weighted by molar-refractivity contribution is 0.0697. The number of aromatic carboxylic acids is 1. The number of fused-ring (bicyclic) bond motifs is 1. The number of nitrogens with one attached hydrogen (secondary N) is 1. The van der Waals surface area contributed by atoms with Crippen molar-refractivity contribution in [2.45, 2.75) is 0 Å². The molecule has 0 spiro atoms. The average Bonchev–Trinajstić information content (AvgIpc) is 2.84. The van der Waals surface area contributed by atoms with Gasteiger partial charge >= 0.3 is 5.97 Å². The second kappa shape index (κ2) is 5.27. The SMILES string of the molecule is O=C(O)c1ccc2nc(Nc3c(Cl)cccc3Cl)oc2c1. The molecule has 0 radical (unpaired) electrons. The first-order valence-corrected chi connectivity index (χ1v) is 6.65. The number of nitrogens with zero attached hydrogens (tertiary/aromatic N) is 1. The van der Waals surface area contributed by atoms with Crippen molar-refractivity contribution in [2.24, 2.45) is 0 Å². The highest BCUT2D eigenvalue weighted by Gasteiger charge is 2.12. The summed E-state index contributed by atoms with van der Waals surface area (Å²) in [6.45, 7) is 0. The molecule has 0 unspecified atom stereocenters. The molecule has 2 N–H and O–H groups in total. The molecule has 2 aromatic carbocycles. The number of carboxylic acids is 1.